The molecule has 0 atom stereocenters. The predicted octanol–water partition coefficient (Wildman–Crippen LogP) is 4.80. The van der Waals surface area contributed by atoms with E-state index in [2.05, 4.69) is 5.32 Å². The first-order valence-corrected chi connectivity index (χ1v) is 8.01. The third kappa shape index (κ3) is 5.11. The van der Waals surface area contributed by atoms with Crippen LogP contribution in [0.3, 0.4) is 0 Å². The molecule has 0 aliphatic carbocycles. The van der Waals surface area contributed by atoms with E-state index < -0.39 is 0 Å². The highest BCUT2D eigenvalue weighted by molar-refractivity contribution is 5.91. The van der Waals surface area contributed by atoms with Gasteiger partial charge in [0.05, 0.1) is 0 Å². The van der Waals surface area contributed by atoms with E-state index in [9.17, 15) is 4.79 Å². The third-order valence-electron chi connectivity index (χ3n) is 3.51. The van der Waals surface area contributed by atoms with Gasteiger partial charge in [-0.15, -0.1) is 0 Å². The standard InChI is InChI=1S/C21H19NO3/c1-16-7-9-17(10-8-16)22-21(23)15-24-18-11-13-20(14-12-18)25-19-5-3-2-4-6-19/h2-14H,15H2,1H3,(H,22,23). The molecule has 0 saturated carbocycles. The fraction of sp³-hybridized carbons (Fsp3) is 0.0952. The Balaban J connectivity index is 1.49. The molecule has 3 rings (SSSR count). The maximum absolute atomic E-state index is 11.9. The van der Waals surface area contributed by atoms with Gasteiger partial charge < -0.3 is 14.8 Å². The first-order valence-electron chi connectivity index (χ1n) is 8.01. The van der Waals surface area contributed by atoms with Gasteiger partial charge in [0.25, 0.3) is 5.91 Å². The van der Waals surface area contributed by atoms with E-state index in [1.165, 1.54) is 0 Å². The molecule has 3 aromatic rings. The van der Waals surface area contributed by atoms with Gasteiger partial charge in [0.15, 0.2) is 6.61 Å². The summed E-state index contributed by atoms with van der Waals surface area (Å²) in [5.41, 5.74) is 1.90. The number of nitrogens with one attached hydrogen (secondary N) is 1. The molecule has 0 aliphatic rings. The summed E-state index contributed by atoms with van der Waals surface area (Å²) < 4.78 is 11.2. The summed E-state index contributed by atoms with van der Waals surface area (Å²) in [6.07, 6.45) is 0. The molecule has 0 fully saturated rings. The normalized spacial score (nSPS) is 10.1. The second-order valence-electron chi connectivity index (χ2n) is 5.59. The van der Waals surface area contributed by atoms with Crippen LogP contribution >= 0.6 is 0 Å². The molecule has 0 aliphatic heterocycles. The summed E-state index contributed by atoms with van der Waals surface area (Å²) in [7, 11) is 0. The highest BCUT2D eigenvalue weighted by atomic mass is 16.5. The van der Waals surface area contributed by atoms with Crippen molar-refractivity contribution in [2.75, 3.05) is 11.9 Å². The summed E-state index contributed by atoms with van der Waals surface area (Å²) in [6.45, 7) is 1.95. The molecule has 0 saturated heterocycles. The van der Waals surface area contributed by atoms with E-state index in [4.69, 9.17) is 9.47 Å². The van der Waals surface area contributed by atoms with Gasteiger partial charge in [-0.25, -0.2) is 0 Å². The van der Waals surface area contributed by atoms with Crippen LogP contribution in [0.2, 0.25) is 0 Å². The van der Waals surface area contributed by atoms with Gasteiger partial charge >= 0.3 is 0 Å². The number of ether oxygens (including phenoxy) is 2. The van der Waals surface area contributed by atoms with Crippen molar-refractivity contribution in [3.63, 3.8) is 0 Å². The quantitative estimate of drug-likeness (QED) is 0.704. The molecule has 0 heterocycles. The molecule has 3 aromatic carbocycles. The maximum atomic E-state index is 11.9. The van der Waals surface area contributed by atoms with E-state index >= 15 is 0 Å². The van der Waals surface area contributed by atoms with Crippen LogP contribution in [0.5, 0.6) is 17.2 Å². The monoisotopic (exact) mass is 333 g/mol. The van der Waals surface area contributed by atoms with Crippen molar-refractivity contribution in [2.45, 2.75) is 6.92 Å². The van der Waals surface area contributed by atoms with E-state index in [0.717, 1.165) is 17.0 Å². The maximum Gasteiger partial charge on any atom is 0.262 e. The van der Waals surface area contributed by atoms with Gasteiger partial charge in [0.1, 0.15) is 17.2 Å². The van der Waals surface area contributed by atoms with Crippen LogP contribution in [0, 0.1) is 6.92 Å². The number of anilines is 1. The highest BCUT2D eigenvalue weighted by Crippen LogP contribution is 2.23. The summed E-state index contributed by atoms with van der Waals surface area (Å²) in [5, 5.41) is 2.79. The number of carbonyl (C=O) groups is 1. The SMILES string of the molecule is Cc1ccc(NC(=O)COc2ccc(Oc3ccccc3)cc2)cc1. The molecule has 126 valence electrons. The van der Waals surface area contributed by atoms with Crippen LogP contribution < -0.4 is 14.8 Å². The number of para-hydroxylation sites is 1. The lowest BCUT2D eigenvalue weighted by Crippen LogP contribution is -2.20. The summed E-state index contributed by atoms with van der Waals surface area (Å²) >= 11 is 0. The van der Waals surface area contributed by atoms with Crippen molar-refractivity contribution in [1.29, 1.82) is 0 Å². The first-order chi connectivity index (χ1) is 12.2. The van der Waals surface area contributed by atoms with Crippen molar-refractivity contribution < 1.29 is 14.3 Å². The lowest BCUT2D eigenvalue weighted by molar-refractivity contribution is -0.118. The van der Waals surface area contributed by atoms with Gasteiger partial charge in [-0.3, -0.25) is 4.79 Å². The van der Waals surface area contributed by atoms with Crippen LogP contribution in [0.1, 0.15) is 5.56 Å². The fourth-order valence-corrected chi connectivity index (χ4v) is 2.21. The van der Waals surface area contributed by atoms with Gasteiger partial charge in [-0.1, -0.05) is 35.9 Å². The Labute approximate surface area is 147 Å². The summed E-state index contributed by atoms with van der Waals surface area (Å²) in [6, 6.07) is 24.3. The lowest BCUT2D eigenvalue weighted by Gasteiger charge is -2.09. The number of hydrogen-bond acceptors (Lipinski definition) is 3. The minimum atomic E-state index is -0.200. The van der Waals surface area contributed by atoms with Crippen molar-refractivity contribution in [3.05, 3.63) is 84.4 Å². The average molecular weight is 333 g/mol. The number of hydrogen-bond donors (Lipinski definition) is 1. The second-order valence-corrected chi connectivity index (χ2v) is 5.59. The Kier molecular flexibility index (Phi) is 5.32. The molecule has 0 aromatic heterocycles. The number of aryl methyl sites for hydroxylation is 1. The van der Waals surface area contributed by atoms with Crippen LogP contribution in [0.15, 0.2) is 78.9 Å². The van der Waals surface area contributed by atoms with E-state index in [1.807, 2.05) is 61.5 Å². The second kappa shape index (κ2) is 8.02. The minimum Gasteiger partial charge on any atom is -0.484 e. The third-order valence-corrected chi connectivity index (χ3v) is 3.51. The largest absolute Gasteiger partial charge is 0.484 e. The van der Waals surface area contributed by atoms with Crippen molar-refractivity contribution in [1.82, 2.24) is 0 Å². The van der Waals surface area contributed by atoms with Gasteiger partial charge in [0, 0.05) is 5.69 Å². The van der Waals surface area contributed by atoms with Crippen LogP contribution in [0.25, 0.3) is 0 Å². The van der Waals surface area contributed by atoms with Gasteiger partial charge in [-0.2, -0.15) is 0 Å². The zero-order valence-electron chi connectivity index (χ0n) is 13.9. The average Bonchev–Trinajstić information content (AvgIpc) is 2.64. The van der Waals surface area contributed by atoms with Crippen LogP contribution in [0.4, 0.5) is 5.69 Å². The molecule has 1 N–H and O–H groups in total. The number of benzene rings is 3. The Morgan fingerprint density at radius 2 is 1.40 bits per heavy atom. The van der Waals surface area contributed by atoms with Gasteiger partial charge in [0.2, 0.25) is 0 Å². The molecule has 0 bridgehead atoms. The number of amides is 1. The molecular weight excluding hydrogens is 314 g/mol. The fourth-order valence-electron chi connectivity index (χ4n) is 2.21. The van der Waals surface area contributed by atoms with Gasteiger partial charge in [-0.05, 0) is 55.5 Å². The predicted molar refractivity (Wildman–Crippen MR) is 98.3 cm³/mol. The molecule has 0 unspecified atom stereocenters. The Bertz CT molecular complexity index is 812. The summed E-state index contributed by atoms with van der Waals surface area (Å²) in [4.78, 5) is 11.9. The Morgan fingerprint density at radius 1 is 0.800 bits per heavy atom. The van der Waals surface area contributed by atoms with Crippen molar-refractivity contribution in [2.24, 2.45) is 0 Å². The zero-order chi connectivity index (χ0) is 17.5. The van der Waals surface area contributed by atoms with E-state index in [1.54, 1.807) is 24.3 Å². The van der Waals surface area contributed by atoms with E-state index in [-0.39, 0.29) is 12.5 Å². The minimum absolute atomic E-state index is 0.0488. The van der Waals surface area contributed by atoms with Crippen LogP contribution in [-0.2, 0) is 4.79 Å². The Morgan fingerprint density at radius 3 is 2.08 bits per heavy atom. The van der Waals surface area contributed by atoms with Crippen LogP contribution in [-0.4, -0.2) is 12.5 Å². The Hall–Kier alpha value is -3.27. The smallest absolute Gasteiger partial charge is 0.262 e. The molecule has 25 heavy (non-hydrogen) atoms. The van der Waals surface area contributed by atoms with Crippen molar-refractivity contribution in [3.8, 4) is 17.2 Å². The molecule has 4 heteroatoms. The molecule has 1 amide bonds. The number of rotatable bonds is 6. The molecular formula is C21H19NO3. The first kappa shape index (κ1) is 16.6. The molecule has 4 nitrogen and oxygen atoms in total. The van der Waals surface area contributed by atoms with E-state index in [0.29, 0.717) is 11.5 Å². The molecule has 0 radical (unpaired) electrons. The molecule has 0 spiro atoms. The lowest BCUT2D eigenvalue weighted by atomic mass is 10.2. The highest BCUT2D eigenvalue weighted by Gasteiger charge is 2.04. The number of carbonyl (C=O) groups excluding carboxylic acids is 1. The van der Waals surface area contributed by atoms with Crippen molar-refractivity contribution >= 4 is 11.6 Å². The zero-order valence-corrected chi connectivity index (χ0v) is 13.9. The summed E-state index contributed by atoms with van der Waals surface area (Å²) in [5.74, 6) is 1.89. The topological polar surface area (TPSA) is 47.6 Å².